The van der Waals surface area contributed by atoms with Gasteiger partial charge in [-0.3, -0.25) is 4.57 Å². The van der Waals surface area contributed by atoms with Crippen LogP contribution in [-0.4, -0.2) is 33.4 Å². The number of benzene rings is 1. The topological polar surface area (TPSA) is 64.9 Å². The number of aromatic nitrogens is 4. The molecule has 3 rings (SSSR count). The average molecular weight is 284 g/mol. The predicted octanol–water partition coefficient (Wildman–Crippen LogP) is 2.20. The third-order valence-corrected chi connectivity index (χ3v) is 3.64. The van der Waals surface area contributed by atoms with Crippen LogP contribution < -0.4 is 10.6 Å². The highest BCUT2D eigenvalue weighted by Crippen LogP contribution is 2.27. The number of nitrogens with zero attached hydrogens (tertiary/aromatic N) is 5. The second-order valence-corrected chi connectivity index (χ2v) is 5.29. The number of imidazole rings is 1. The number of rotatable bonds is 3. The zero-order valence-corrected chi connectivity index (χ0v) is 12.8. The third kappa shape index (κ3) is 2.03. The van der Waals surface area contributed by atoms with E-state index in [0.29, 0.717) is 5.95 Å². The van der Waals surface area contributed by atoms with Crippen molar-refractivity contribution in [3.05, 3.63) is 30.0 Å². The second-order valence-electron chi connectivity index (χ2n) is 5.29. The second kappa shape index (κ2) is 4.80. The Hall–Kier alpha value is -2.50. The highest BCUT2D eigenvalue weighted by atomic mass is 15.4. The molecular formula is C15H20N6. The molecule has 0 aliphatic carbocycles. The SMILES string of the molecule is CCn1nc(C)c2nc(N)n(-c3cccc(N(C)C)c3)c21. The Morgan fingerprint density at radius 2 is 2.05 bits per heavy atom. The maximum Gasteiger partial charge on any atom is 0.207 e. The van der Waals surface area contributed by atoms with Gasteiger partial charge in [-0.1, -0.05) is 6.07 Å². The molecule has 110 valence electrons. The maximum atomic E-state index is 6.15. The molecule has 2 heterocycles. The molecule has 0 atom stereocenters. The minimum atomic E-state index is 0.489. The van der Waals surface area contributed by atoms with Gasteiger partial charge in [0.1, 0.15) is 5.52 Å². The smallest absolute Gasteiger partial charge is 0.207 e. The van der Waals surface area contributed by atoms with Gasteiger partial charge in [-0.15, -0.1) is 0 Å². The first kappa shape index (κ1) is 13.5. The van der Waals surface area contributed by atoms with Crippen LogP contribution in [0.2, 0.25) is 0 Å². The minimum Gasteiger partial charge on any atom is -0.378 e. The van der Waals surface area contributed by atoms with Crippen LogP contribution in [0.5, 0.6) is 0 Å². The van der Waals surface area contributed by atoms with Gasteiger partial charge in [0.2, 0.25) is 5.95 Å². The van der Waals surface area contributed by atoms with Crippen molar-refractivity contribution in [2.75, 3.05) is 24.7 Å². The number of hydrogen-bond donors (Lipinski definition) is 1. The Balaban J connectivity index is 2.29. The largest absolute Gasteiger partial charge is 0.378 e. The van der Waals surface area contributed by atoms with Crippen molar-refractivity contribution < 1.29 is 0 Å². The molecular weight excluding hydrogens is 264 g/mol. The summed E-state index contributed by atoms with van der Waals surface area (Å²) in [4.78, 5) is 6.54. The van der Waals surface area contributed by atoms with E-state index in [-0.39, 0.29) is 0 Å². The van der Waals surface area contributed by atoms with Crippen molar-refractivity contribution in [1.29, 1.82) is 0 Å². The van der Waals surface area contributed by atoms with Gasteiger partial charge in [0.05, 0.1) is 11.4 Å². The first-order valence-corrected chi connectivity index (χ1v) is 7.02. The van der Waals surface area contributed by atoms with Gasteiger partial charge in [-0.05, 0) is 32.0 Å². The van der Waals surface area contributed by atoms with Crippen LogP contribution in [0.4, 0.5) is 11.6 Å². The van der Waals surface area contributed by atoms with Crippen molar-refractivity contribution in [3.8, 4) is 5.69 Å². The predicted molar refractivity (Wildman–Crippen MR) is 86.0 cm³/mol. The molecule has 0 fully saturated rings. The fourth-order valence-corrected chi connectivity index (χ4v) is 2.57. The number of nitrogens with two attached hydrogens (primary N) is 1. The van der Waals surface area contributed by atoms with Crippen LogP contribution in [0.3, 0.4) is 0 Å². The van der Waals surface area contributed by atoms with Gasteiger partial charge in [0.25, 0.3) is 0 Å². The molecule has 0 saturated heterocycles. The number of fused-ring (bicyclic) bond motifs is 1. The minimum absolute atomic E-state index is 0.489. The van der Waals surface area contributed by atoms with Crippen LogP contribution in [-0.2, 0) is 6.54 Å². The summed E-state index contributed by atoms with van der Waals surface area (Å²) in [5, 5.41) is 4.52. The summed E-state index contributed by atoms with van der Waals surface area (Å²) in [6, 6.07) is 8.22. The van der Waals surface area contributed by atoms with Crippen LogP contribution in [0.1, 0.15) is 12.6 Å². The molecule has 21 heavy (non-hydrogen) atoms. The average Bonchev–Trinajstić information content (AvgIpc) is 2.95. The molecule has 2 N–H and O–H groups in total. The van der Waals surface area contributed by atoms with E-state index in [2.05, 4.69) is 34.0 Å². The normalized spacial score (nSPS) is 11.2. The van der Waals surface area contributed by atoms with Crippen LogP contribution >= 0.6 is 0 Å². The highest BCUT2D eigenvalue weighted by molar-refractivity contribution is 5.80. The summed E-state index contributed by atoms with van der Waals surface area (Å²) >= 11 is 0. The summed E-state index contributed by atoms with van der Waals surface area (Å²) in [6.45, 7) is 4.81. The third-order valence-electron chi connectivity index (χ3n) is 3.64. The molecule has 6 heteroatoms. The van der Waals surface area contributed by atoms with Gasteiger partial charge >= 0.3 is 0 Å². The van der Waals surface area contributed by atoms with Crippen molar-refractivity contribution >= 4 is 22.8 Å². The summed E-state index contributed by atoms with van der Waals surface area (Å²) < 4.78 is 3.90. The number of nitrogen functional groups attached to an aromatic ring is 1. The zero-order valence-electron chi connectivity index (χ0n) is 12.8. The van der Waals surface area contributed by atoms with Crippen LogP contribution in [0.25, 0.3) is 16.9 Å². The molecule has 0 spiro atoms. The van der Waals surface area contributed by atoms with Gasteiger partial charge < -0.3 is 10.6 Å². The summed E-state index contributed by atoms with van der Waals surface area (Å²) in [5.41, 5.74) is 11.0. The van der Waals surface area contributed by atoms with E-state index in [0.717, 1.165) is 34.8 Å². The Morgan fingerprint density at radius 1 is 1.29 bits per heavy atom. The Kier molecular flexibility index (Phi) is 3.08. The van der Waals surface area contributed by atoms with E-state index in [9.17, 15) is 0 Å². The molecule has 0 amide bonds. The molecule has 0 bridgehead atoms. The Labute approximate surface area is 123 Å². The van der Waals surface area contributed by atoms with Gasteiger partial charge in [0.15, 0.2) is 5.65 Å². The van der Waals surface area contributed by atoms with E-state index < -0.39 is 0 Å². The lowest BCUT2D eigenvalue weighted by Gasteiger charge is -2.15. The molecule has 6 nitrogen and oxygen atoms in total. The highest BCUT2D eigenvalue weighted by Gasteiger charge is 2.18. The lowest BCUT2D eigenvalue weighted by molar-refractivity contribution is 0.663. The molecule has 0 aliphatic heterocycles. The summed E-state index contributed by atoms with van der Waals surface area (Å²) in [5.74, 6) is 0.489. The Morgan fingerprint density at radius 3 is 2.71 bits per heavy atom. The molecule has 0 unspecified atom stereocenters. The summed E-state index contributed by atoms with van der Waals surface area (Å²) in [6.07, 6.45) is 0. The molecule has 0 aliphatic rings. The van der Waals surface area contributed by atoms with E-state index in [1.54, 1.807) is 0 Å². The maximum absolute atomic E-state index is 6.15. The van der Waals surface area contributed by atoms with Crippen molar-refractivity contribution in [1.82, 2.24) is 19.3 Å². The summed E-state index contributed by atoms with van der Waals surface area (Å²) in [7, 11) is 4.04. The van der Waals surface area contributed by atoms with Crippen LogP contribution in [0, 0.1) is 6.92 Å². The van der Waals surface area contributed by atoms with Crippen molar-refractivity contribution in [3.63, 3.8) is 0 Å². The van der Waals surface area contributed by atoms with E-state index >= 15 is 0 Å². The monoisotopic (exact) mass is 284 g/mol. The first-order chi connectivity index (χ1) is 10.0. The molecule has 0 radical (unpaired) electrons. The lowest BCUT2D eigenvalue weighted by Crippen LogP contribution is -2.10. The van der Waals surface area contributed by atoms with Gasteiger partial charge in [0, 0.05) is 26.3 Å². The molecule has 0 saturated carbocycles. The lowest BCUT2D eigenvalue weighted by atomic mass is 10.2. The zero-order chi connectivity index (χ0) is 15.1. The first-order valence-electron chi connectivity index (χ1n) is 7.02. The molecule has 1 aromatic carbocycles. The van der Waals surface area contributed by atoms with Crippen molar-refractivity contribution in [2.45, 2.75) is 20.4 Å². The Bertz CT molecular complexity index is 796. The fraction of sp³-hybridized carbons (Fsp3) is 0.333. The van der Waals surface area contributed by atoms with Crippen molar-refractivity contribution in [2.24, 2.45) is 0 Å². The molecule has 2 aromatic heterocycles. The van der Waals surface area contributed by atoms with E-state index in [1.807, 2.05) is 42.4 Å². The molecule has 3 aromatic rings. The number of aryl methyl sites for hydroxylation is 2. The number of hydrogen-bond acceptors (Lipinski definition) is 4. The number of anilines is 2. The fourth-order valence-electron chi connectivity index (χ4n) is 2.57. The van der Waals surface area contributed by atoms with Gasteiger partial charge in [-0.2, -0.15) is 5.10 Å². The quantitative estimate of drug-likeness (QED) is 0.800. The van der Waals surface area contributed by atoms with Crippen LogP contribution in [0.15, 0.2) is 24.3 Å². The standard InChI is InChI=1S/C15H20N6/c1-5-20-14-13(10(2)18-20)17-15(16)21(14)12-8-6-7-11(9-12)19(3)4/h6-9H,5H2,1-4H3,(H2,16,17). The van der Waals surface area contributed by atoms with Gasteiger partial charge in [-0.25, -0.2) is 9.67 Å². The van der Waals surface area contributed by atoms with E-state index in [4.69, 9.17) is 5.73 Å². The van der Waals surface area contributed by atoms with E-state index in [1.165, 1.54) is 0 Å².